The van der Waals surface area contributed by atoms with Crippen molar-refractivity contribution in [3.05, 3.63) is 48.3 Å². The van der Waals surface area contributed by atoms with E-state index in [9.17, 15) is 14.4 Å². The Bertz CT molecular complexity index is 914. The third-order valence-corrected chi connectivity index (χ3v) is 5.34. The molecule has 3 rings (SSSR count). The average Bonchev–Trinajstić information content (AvgIpc) is 3.27. The summed E-state index contributed by atoms with van der Waals surface area (Å²) in [7, 11) is 0. The molecule has 1 fully saturated rings. The van der Waals surface area contributed by atoms with Crippen LogP contribution in [0.1, 0.15) is 25.6 Å². The zero-order valence-corrected chi connectivity index (χ0v) is 17.4. The highest BCUT2D eigenvalue weighted by Gasteiger charge is 2.35. The Kier molecular flexibility index (Phi) is 7.24. The van der Waals surface area contributed by atoms with Crippen molar-refractivity contribution >= 4 is 23.3 Å². The quantitative estimate of drug-likeness (QED) is 0.397. The minimum Gasteiger partial charge on any atom is -0.486 e. The number of likely N-dealkylation sites (tertiary alicyclic amines) is 1. The number of rotatable bonds is 9. The highest BCUT2D eigenvalue weighted by molar-refractivity contribution is 6.37. The molecular weight excluding hydrogens is 400 g/mol. The number of amides is 2. The summed E-state index contributed by atoms with van der Waals surface area (Å²) in [6.07, 6.45) is 9.85. The lowest BCUT2D eigenvalue weighted by atomic mass is 9.88. The van der Waals surface area contributed by atoms with Gasteiger partial charge in [0.05, 0.1) is 12.5 Å². The number of nitrogens with two attached hydrogens (primary N) is 2. The number of Topliss-reactive ketones (excluding diaryl/α,β-unsaturated/α-hetero) is 1. The standard InChI is InChI=1S/C21H26N6O4/c1-13(28)20(22)15-10-14(31-12-18-24-7-3-8-25-18)5-6-16(15)26-11-19(29)27-9-2-4-17(27)21(23)30/h3,5-8,10,15-17,22,26H,2,4,9,11-12H2,1H3,(H2,23,30)/p+1/t15?,16?,17-/m0/s1. The molecule has 164 valence electrons. The smallest absolute Gasteiger partial charge is 0.240 e. The van der Waals surface area contributed by atoms with Crippen LogP contribution in [-0.4, -0.2) is 63.4 Å². The van der Waals surface area contributed by atoms with Gasteiger partial charge in [-0.05, 0) is 31.1 Å². The topological polar surface area (TPSA) is 153 Å². The van der Waals surface area contributed by atoms with Gasteiger partial charge in [0, 0.05) is 31.9 Å². The maximum Gasteiger partial charge on any atom is 0.240 e. The van der Waals surface area contributed by atoms with E-state index in [1.807, 2.05) is 0 Å². The molecule has 10 heteroatoms. The molecule has 3 atom stereocenters. The molecule has 5 N–H and O–H groups in total. The van der Waals surface area contributed by atoms with Crippen molar-refractivity contribution in [2.75, 3.05) is 13.1 Å². The Morgan fingerprint density at radius 1 is 1.32 bits per heavy atom. The Labute approximate surface area is 180 Å². The van der Waals surface area contributed by atoms with E-state index in [1.54, 1.807) is 36.7 Å². The lowest BCUT2D eigenvalue weighted by Crippen LogP contribution is -2.55. The molecule has 0 bridgehead atoms. The third kappa shape index (κ3) is 5.60. The summed E-state index contributed by atoms with van der Waals surface area (Å²) in [6.45, 7) is 2.05. The molecule has 10 nitrogen and oxygen atoms in total. The normalized spacial score (nSPS) is 22.7. The minimum atomic E-state index is -0.569. The van der Waals surface area contributed by atoms with Gasteiger partial charge in [0.15, 0.2) is 5.82 Å². The van der Waals surface area contributed by atoms with Crippen LogP contribution in [0.15, 0.2) is 42.4 Å². The molecule has 1 aromatic rings. The van der Waals surface area contributed by atoms with Crippen LogP contribution in [0.4, 0.5) is 0 Å². The number of aromatic nitrogens is 2. The minimum absolute atomic E-state index is 0.0116. The Balaban J connectivity index is 1.64. The summed E-state index contributed by atoms with van der Waals surface area (Å²) in [5, 5.41) is 9.18. The Hall–Kier alpha value is -3.40. The van der Waals surface area contributed by atoms with E-state index in [-0.39, 0.29) is 36.6 Å². The van der Waals surface area contributed by atoms with Crippen LogP contribution in [0.25, 0.3) is 0 Å². The van der Waals surface area contributed by atoms with Crippen LogP contribution in [0.3, 0.4) is 0 Å². The lowest BCUT2D eigenvalue weighted by Gasteiger charge is -2.27. The molecule has 0 saturated carbocycles. The van der Waals surface area contributed by atoms with Gasteiger partial charge in [-0.25, -0.2) is 9.97 Å². The lowest BCUT2D eigenvalue weighted by molar-refractivity contribution is -0.138. The number of ether oxygens (including phenoxy) is 1. The van der Waals surface area contributed by atoms with Crippen LogP contribution in [0.2, 0.25) is 0 Å². The molecule has 2 aliphatic rings. The van der Waals surface area contributed by atoms with Crippen LogP contribution >= 0.6 is 0 Å². The van der Waals surface area contributed by atoms with E-state index >= 15 is 0 Å². The Morgan fingerprint density at radius 2 is 2.06 bits per heavy atom. The number of carbonyl (C=O) groups is 3. The van der Waals surface area contributed by atoms with E-state index in [4.69, 9.17) is 15.9 Å². The van der Waals surface area contributed by atoms with Gasteiger partial charge in [-0.3, -0.25) is 19.8 Å². The maximum atomic E-state index is 12.6. The number of hydrogen-bond acceptors (Lipinski definition) is 7. The number of primary amides is 1. The van der Waals surface area contributed by atoms with Gasteiger partial charge >= 0.3 is 0 Å². The monoisotopic (exact) mass is 427 g/mol. The number of carbonyl (C=O) groups excluding carboxylic acids is 3. The molecule has 2 amide bonds. The summed E-state index contributed by atoms with van der Waals surface area (Å²) < 4.78 is 5.74. The van der Waals surface area contributed by atoms with Gasteiger partial charge in [0.25, 0.3) is 0 Å². The van der Waals surface area contributed by atoms with Gasteiger partial charge in [-0.15, -0.1) is 0 Å². The van der Waals surface area contributed by atoms with Gasteiger partial charge in [0.2, 0.25) is 23.3 Å². The van der Waals surface area contributed by atoms with Crippen molar-refractivity contribution < 1.29 is 24.5 Å². The molecule has 31 heavy (non-hydrogen) atoms. The van der Waals surface area contributed by atoms with E-state index in [1.165, 1.54) is 11.8 Å². The predicted octanol–water partition coefficient (Wildman–Crippen LogP) is -1.71. The SMILES string of the molecule is CC(=O)C(=[NH2+])C1C=C(OCc2ncccn2)C=CC1NCC(=O)N1CCC[C@H]1C(N)=O. The first kappa shape index (κ1) is 22.3. The van der Waals surface area contributed by atoms with Crippen molar-refractivity contribution in [2.45, 2.75) is 38.5 Å². The van der Waals surface area contributed by atoms with Crippen molar-refractivity contribution in [2.24, 2.45) is 11.7 Å². The van der Waals surface area contributed by atoms with Crippen molar-refractivity contribution in [3.8, 4) is 0 Å². The molecule has 2 heterocycles. The molecule has 0 aromatic carbocycles. The van der Waals surface area contributed by atoms with Crippen LogP contribution in [0, 0.1) is 5.92 Å². The van der Waals surface area contributed by atoms with Crippen molar-refractivity contribution in [1.82, 2.24) is 20.2 Å². The first-order chi connectivity index (χ1) is 14.9. The van der Waals surface area contributed by atoms with E-state index < -0.39 is 17.9 Å². The fourth-order valence-electron chi connectivity index (χ4n) is 3.68. The highest BCUT2D eigenvalue weighted by atomic mass is 16.5. The zero-order chi connectivity index (χ0) is 22.4. The number of hydrogen-bond donors (Lipinski definition) is 3. The largest absolute Gasteiger partial charge is 0.486 e. The van der Waals surface area contributed by atoms with Gasteiger partial charge in [-0.1, -0.05) is 6.08 Å². The van der Waals surface area contributed by atoms with Gasteiger partial charge in [0.1, 0.15) is 18.4 Å². The number of ketones is 1. The molecule has 0 spiro atoms. The molecule has 1 saturated heterocycles. The highest BCUT2D eigenvalue weighted by Crippen LogP contribution is 2.21. The fraction of sp³-hybridized carbons (Fsp3) is 0.429. The van der Waals surface area contributed by atoms with Crippen LogP contribution < -0.4 is 16.5 Å². The van der Waals surface area contributed by atoms with E-state index in [0.717, 1.165) is 6.42 Å². The first-order valence-corrected chi connectivity index (χ1v) is 10.1. The summed E-state index contributed by atoms with van der Waals surface area (Å²) in [5.74, 6) is -0.414. The Morgan fingerprint density at radius 3 is 2.74 bits per heavy atom. The predicted molar refractivity (Wildman–Crippen MR) is 111 cm³/mol. The van der Waals surface area contributed by atoms with Crippen LogP contribution in [0.5, 0.6) is 0 Å². The van der Waals surface area contributed by atoms with Gasteiger partial charge < -0.3 is 20.7 Å². The number of allylic oxidation sites excluding steroid dienone is 1. The van der Waals surface area contributed by atoms with Crippen molar-refractivity contribution in [3.63, 3.8) is 0 Å². The van der Waals surface area contributed by atoms with Gasteiger partial charge in [-0.2, -0.15) is 0 Å². The second-order valence-electron chi connectivity index (χ2n) is 7.47. The zero-order valence-electron chi connectivity index (χ0n) is 17.4. The number of nitrogens with zero attached hydrogens (tertiary/aromatic N) is 3. The van der Waals surface area contributed by atoms with Crippen molar-refractivity contribution in [1.29, 1.82) is 0 Å². The number of nitrogens with one attached hydrogen (secondary N) is 1. The maximum absolute atomic E-state index is 12.6. The summed E-state index contributed by atoms with van der Waals surface area (Å²) in [6, 6.07) is 0.761. The molecule has 1 aromatic heterocycles. The molecule has 1 aliphatic heterocycles. The van der Waals surface area contributed by atoms with E-state index in [2.05, 4.69) is 15.3 Å². The molecule has 0 radical (unpaired) electrons. The second kappa shape index (κ2) is 10.1. The molecule has 2 unspecified atom stereocenters. The molecule has 1 aliphatic carbocycles. The molecular formula is C21H27N6O4+. The second-order valence-corrected chi connectivity index (χ2v) is 7.47. The fourth-order valence-corrected chi connectivity index (χ4v) is 3.68. The van der Waals surface area contributed by atoms with E-state index in [0.29, 0.717) is 24.5 Å². The third-order valence-electron chi connectivity index (χ3n) is 5.34. The first-order valence-electron chi connectivity index (χ1n) is 10.1. The summed E-state index contributed by atoms with van der Waals surface area (Å²) in [5.41, 5.74) is 5.55. The van der Waals surface area contributed by atoms with Crippen LogP contribution in [-0.2, 0) is 25.7 Å². The summed E-state index contributed by atoms with van der Waals surface area (Å²) in [4.78, 5) is 45.8. The average molecular weight is 427 g/mol. The summed E-state index contributed by atoms with van der Waals surface area (Å²) >= 11 is 0.